The molecule has 5 N–H and O–H groups in total. The van der Waals surface area contributed by atoms with Gasteiger partial charge in [-0.3, -0.25) is 9.59 Å². The number of primary amides is 2. The van der Waals surface area contributed by atoms with Gasteiger partial charge in [0.05, 0.1) is 11.9 Å². The van der Waals surface area contributed by atoms with Crippen molar-refractivity contribution in [3.63, 3.8) is 0 Å². The molecule has 1 aromatic heterocycles. The quantitative estimate of drug-likeness (QED) is 0.631. The summed E-state index contributed by atoms with van der Waals surface area (Å²) in [4.78, 5) is 33.3. The molecule has 0 radical (unpaired) electrons. The van der Waals surface area contributed by atoms with Gasteiger partial charge in [0.1, 0.15) is 17.3 Å². The summed E-state index contributed by atoms with van der Waals surface area (Å²) in [7, 11) is 0. The molecular formula is C24H33N5O3. The topological polar surface area (TPSA) is 135 Å². The molecule has 1 aromatic carbocycles. The Bertz CT molecular complexity index is 968. The normalized spacial score (nSPS) is 16.6. The number of piperidine rings is 1. The van der Waals surface area contributed by atoms with E-state index in [1.165, 1.54) is 25.3 Å². The molecule has 1 saturated heterocycles. The Hall–Kier alpha value is -3.16. The summed E-state index contributed by atoms with van der Waals surface area (Å²) < 4.78 is 0. The maximum atomic E-state index is 11.4. The zero-order chi connectivity index (χ0) is 23.3. The zero-order valence-electron chi connectivity index (χ0n) is 18.9. The lowest BCUT2D eigenvalue weighted by atomic mass is 10.0. The number of nitrogens with two attached hydrogens (primary N) is 2. The lowest BCUT2D eigenvalue weighted by Crippen LogP contribution is -2.31. The van der Waals surface area contributed by atoms with Crippen LogP contribution in [0.15, 0.2) is 24.4 Å². The summed E-state index contributed by atoms with van der Waals surface area (Å²) in [5, 5.41) is 9.54. The molecule has 2 heterocycles. The van der Waals surface area contributed by atoms with Gasteiger partial charge in [-0.25, -0.2) is 9.97 Å². The molecule has 1 aliphatic heterocycles. The molecule has 2 aromatic rings. The third-order valence-corrected chi connectivity index (χ3v) is 6.11. The smallest absolute Gasteiger partial charge is 0.269 e. The highest BCUT2D eigenvalue weighted by molar-refractivity contribution is 5.93. The number of aromatic hydroxyl groups is 1. The van der Waals surface area contributed by atoms with Crippen LogP contribution in [0.1, 0.15) is 96.3 Å². The summed E-state index contributed by atoms with van der Waals surface area (Å²) in [5.74, 6) is 0.756. The number of carbonyl (C=O) groups excluding carboxylic acids is 2. The van der Waals surface area contributed by atoms with Crippen LogP contribution in [0.25, 0.3) is 0 Å². The van der Waals surface area contributed by atoms with E-state index in [4.69, 9.17) is 11.5 Å². The molecule has 1 saturated carbocycles. The van der Waals surface area contributed by atoms with Crippen molar-refractivity contribution in [1.29, 1.82) is 0 Å². The largest absolute Gasteiger partial charge is 0.508 e. The van der Waals surface area contributed by atoms with Gasteiger partial charge in [0.15, 0.2) is 0 Å². The fourth-order valence-corrected chi connectivity index (χ4v) is 3.83. The van der Waals surface area contributed by atoms with Crippen molar-refractivity contribution in [2.45, 2.75) is 64.2 Å². The molecule has 1 unspecified atom stereocenters. The minimum Gasteiger partial charge on any atom is -0.508 e. The van der Waals surface area contributed by atoms with Crippen LogP contribution in [0.3, 0.4) is 0 Å². The van der Waals surface area contributed by atoms with Crippen LogP contribution >= 0.6 is 0 Å². The average molecular weight is 440 g/mol. The minimum absolute atomic E-state index is 0.193. The number of hydrogen-bond acceptors (Lipinski definition) is 6. The first-order chi connectivity index (χ1) is 15.3. The van der Waals surface area contributed by atoms with E-state index in [1.54, 1.807) is 18.3 Å². The summed E-state index contributed by atoms with van der Waals surface area (Å²) in [5.41, 5.74) is 12.8. The first kappa shape index (κ1) is 23.5. The summed E-state index contributed by atoms with van der Waals surface area (Å²) in [6.45, 7) is 6.16. The van der Waals surface area contributed by atoms with E-state index < -0.39 is 11.8 Å². The average Bonchev–Trinajstić information content (AvgIpc) is 3.64. The monoisotopic (exact) mass is 439 g/mol. The highest BCUT2D eigenvalue weighted by Crippen LogP contribution is 2.44. The van der Waals surface area contributed by atoms with Gasteiger partial charge in [0.2, 0.25) is 5.91 Å². The van der Waals surface area contributed by atoms with Gasteiger partial charge in [0, 0.05) is 24.6 Å². The molecule has 0 spiro atoms. The molecule has 8 nitrogen and oxygen atoms in total. The Balaban J connectivity index is 0.000000193. The second-order valence-electron chi connectivity index (χ2n) is 8.60. The second-order valence-corrected chi connectivity index (χ2v) is 8.60. The number of phenols is 1. The molecule has 2 fully saturated rings. The van der Waals surface area contributed by atoms with E-state index in [9.17, 15) is 14.7 Å². The van der Waals surface area contributed by atoms with Gasteiger partial charge in [-0.05, 0) is 62.1 Å². The zero-order valence-corrected chi connectivity index (χ0v) is 18.9. The number of benzene rings is 1. The first-order valence-electron chi connectivity index (χ1n) is 11.4. The van der Waals surface area contributed by atoms with E-state index in [-0.39, 0.29) is 11.7 Å². The highest BCUT2D eigenvalue weighted by atomic mass is 16.3. The molecule has 4 rings (SSSR count). The van der Waals surface area contributed by atoms with Crippen LogP contribution in [-0.2, 0) is 0 Å². The molecule has 1 atom stereocenters. The number of nitrogens with zero attached hydrogens (tertiary/aromatic N) is 3. The SMILES string of the molecule is CCC(C)c1nc(N2CCCCC2)cnc1C(N)=O.NC(=O)c1ccc(C2CC2)c(O)c1. The number of carbonyl (C=O) groups is 2. The van der Waals surface area contributed by atoms with Gasteiger partial charge < -0.3 is 21.5 Å². The summed E-state index contributed by atoms with van der Waals surface area (Å²) in [6.07, 6.45) is 8.51. The van der Waals surface area contributed by atoms with Crippen LogP contribution in [0.4, 0.5) is 5.82 Å². The number of phenolic OH excluding ortho intramolecular Hbond substituents is 1. The Labute approximate surface area is 189 Å². The lowest BCUT2D eigenvalue weighted by molar-refractivity contribution is 0.0988. The van der Waals surface area contributed by atoms with E-state index in [1.807, 2.05) is 0 Å². The van der Waals surface area contributed by atoms with Crippen molar-refractivity contribution >= 4 is 17.6 Å². The van der Waals surface area contributed by atoms with Gasteiger partial charge in [-0.2, -0.15) is 0 Å². The highest BCUT2D eigenvalue weighted by Gasteiger charge is 2.26. The number of anilines is 1. The maximum absolute atomic E-state index is 11.4. The van der Waals surface area contributed by atoms with E-state index >= 15 is 0 Å². The molecule has 172 valence electrons. The fraction of sp³-hybridized carbons (Fsp3) is 0.500. The molecule has 32 heavy (non-hydrogen) atoms. The predicted molar refractivity (Wildman–Crippen MR) is 124 cm³/mol. The first-order valence-corrected chi connectivity index (χ1v) is 11.4. The third kappa shape index (κ3) is 5.75. The number of rotatable bonds is 6. The van der Waals surface area contributed by atoms with Crippen molar-refractivity contribution < 1.29 is 14.7 Å². The van der Waals surface area contributed by atoms with E-state index in [2.05, 4.69) is 28.7 Å². The van der Waals surface area contributed by atoms with Crippen LogP contribution < -0.4 is 16.4 Å². The van der Waals surface area contributed by atoms with Crippen molar-refractivity contribution in [3.8, 4) is 5.75 Å². The third-order valence-electron chi connectivity index (χ3n) is 6.11. The summed E-state index contributed by atoms with van der Waals surface area (Å²) in [6, 6.07) is 4.89. The van der Waals surface area contributed by atoms with Gasteiger partial charge in [-0.15, -0.1) is 0 Å². The van der Waals surface area contributed by atoms with E-state index in [0.29, 0.717) is 17.2 Å². The Kier molecular flexibility index (Phi) is 7.66. The molecule has 0 bridgehead atoms. The molecule has 2 aliphatic rings. The van der Waals surface area contributed by atoms with Gasteiger partial charge >= 0.3 is 0 Å². The van der Waals surface area contributed by atoms with Crippen LogP contribution in [-0.4, -0.2) is 40.0 Å². The molecule has 2 amide bonds. The van der Waals surface area contributed by atoms with Crippen LogP contribution in [0, 0.1) is 0 Å². The Morgan fingerprint density at radius 1 is 1.16 bits per heavy atom. The molecular weight excluding hydrogens is 406 g/mol. The number of aromatic nitrogens is 2. The van der Waals surface area contributed by atoms with Crippen LogP contribution in [0.2, 0.25) is 0 Å². The number of amides is 2. The number of hydrogen-bond donors (Lipinski definition) is 3. The molecule has 1 aliphatic carbocycles. The maximum Gasteiger partial charge on any atom is 0.269 e. The Morgan fingerprint density at radius 3 is 2.38 bits per heavy atom. The lowest BCUT2D eigenvalue weighted by Gasteiger charge is -2.28. The summed E-state index contributed by atoms with van der Waals surface area (Å²) >= 11 is 0. The van der Waals surface area contributed by atoms with E-state index in [0.717, 1.165) is 49.4 Å². The minimum atomic E-state index is -0.502. The van der Waals surface area contributed by atoms with Crippen molar-refractivity contribution in [2.75, 3.05) is 18.0 Å². The fourth-order valence-electron chi connectivity index (χ4n) is 3.83. The van der Waals surface area contributed by atoms with Gasteiger partial charge in [-0.1, -0.05) is 19.9 Å². The second kappa shape index (κ2) is 10.4. The van der Waals surface area contributed by atoms with Crippen molar-refractivity contribution in [1.82, 2.24) is 9.97 Å². The van der Waals surface area contributed by atoms with Gasteiger partial charge in [0.25, 0.3) is 5.91 Å². The van der Waals surface area contributed by atoms with Crippen molar-refractivity contribution in [2.24, 2.45) is 11.5 Å². The van der Waals surface area contributed by atoms with Crippen molar-refractivity contribution in [3.05, 3.63) is 46.9 Å². The Morgan fingerprint density at radius 2 is 1.84 bits per heavy atom. The predicted octanol–water partition coefficient (Wildman–Crippen LogP) is 3.45. The molecule has 8 heteroatoms. The standard InChI is InChI=1S/C14H22N4O.C10H11NO2/c1-3-10(2)12-13(14(15)19)16-9-11(17-12)18-7-5-4-6-8-18;11-10(13)7-3-4-8(6-1-2-6)9(12)5-7/h9-10H,3-8H2,1-2H3,(H2,15,19);3-6,12H,1-2H2,(H2,11,13). The van der Waals surface area contributed by atoms with Crippen LogP contribution in [0.5, 0.6) is 5.75 Å².